The Bertz CT molecular complexity index is 954. The van der Waals surface area contributed by atoms with Crippen molar-refractivity contribution < 1.29 is 36.6 Å². The zero-order valence-corrected chi connectivity index (χ0v) is 18.7. The van der Waals surface area contributed by atoms with Crippen LogP contribution in [0.2, 0.25) is 0 Å². The van der Waals surface area contributed by atoms with Crippen molar-refractivity contribution in [2.75, 3.05) is 26.2 Å². The van der Waals surface area contributed by atoms with E-state index < -0.39 is 23.2 Å². The fourth-order valence-corrected chi connectivity index (χ4v) is 3.42. The van der Waals surface area contributed by atoms with E-state index in [2.05, 4.69) is 4.90 Å². The first-order chi connectivity index (χ1) is 15.4. The lowest BCUT2D eigenvalue weighted by Crippen LogP contribution is -2.39. The van der Waals surface area contributed by atoms with Gasteiger partial charge in [-0.25, -0.2) is 4.39 Å². The van der Waals surface area contributed by atoms with Crippen LogP contribution in [0.5, 0.6) is 11.5 Å². The Morgan fingerprint density at radius 3 is 2.42 bits per heavy atom. The molecular weight excluding hydrogens is 442 g/mol. The number of halogens is 4. The molecule has 5 nitrogen and oxygen atoms in total. The monoisotopic (exact) mass is 469 g/mol. The quantitative estimate of drug-likeness (QED) is 0.399. The number of hydrogen-bond donors (Lipinski definition) is 0. The van der Waals surface area contributed by atoms with Gasteiger partial charge in [-0.05, 0) is 50.6 Å². The molecule has 0 aromatic heterocycles. The standard InChI is InChI=1S/C24H27F4NO4/c1-23(2,3)33-22(30)8-9-29-10-11-31-21(15-29)16-4-6-19(7-5-16)32-20-13-17(24(26,27)28)12-18(25)14-20/h4-7,12-14,21H,8-11,15H2,1-3H3. The Morgan fingerprint density at radius 1 is 1.09 bits per heavy atom. The number of esters is 1. The number of alkyl halides is 3. The van der Waals surface area contributed by atoms with Gasteiger partial charge in [0.05, 0.1) is 24.7 Å². The fraction of sp³-hybridized carbons (Fsp3) is 0.458. The molecule has 1 aliphatic rings. The van der Waals surface area contributed by atoms with Crippen LogP contribution >= 0.6 is 0 Å². The Morgan fingerprint density at radius 2 is 1.79 bits per heavy atom. The van der Waals surface area contributed by atoms with Gasteiger partial charge < -0.3 is 14.2 Å². The molecule has 180 valence electrons. The second-order valence-electron chi connectivity index (χ2n) is 8.84. The van der Waals surface area contributed by atoms with Gasteiger partial charge in [0.25, 0.3) is 0 Å². The van der Waals surface area contributed by atoms with E-state index in [4.69, 9.17) is 14.2 Å². The normalized spacial score (nSPS) is 17.6. The second kappa shape index (κ2) is 10.1. The van der Waals surface area contributed by atoms with Gasteiger partial charge >= 0.3 is 12.1 Å². The summed E-state index contributed by atoms with van der Waals surface area (Å²) in [5, 5.41) is 0. The molecule has 1 saturated heterocycles. The number of rotatable bonds is 6. The maximum absolute atomic E-state index is 13.6. The van der Waals surface area contributed by atoms with Crippen molar-refractivity contribution in [3.8, 4) is 11.5 Å². The van der Waals surface area contributed by atoms with Crippen molar-refractivity contribution in [2.24, 2.45) is 0 Å². The van der Waals surface area contributed by atoms with Gasteiger partial charge in [-0.3, -0.25) is 9.69 Å². The number of carbonyl (C=O) groups is 1. The number of benzene rings is 2. The first-order valence-corrected chi connectivity index (χ1v) is 10.6. The van der Waals surface area contributed by atoms with Crippen molar-refractivity contribution >= 4 is 5.97 Å². The lowest BCUT2D eigenvalue weighted by atomic mass is 10.1. The third-order valence-corrected chi connectivity index (χ3v) is 4.89. The zero-order chi connectivity index (χ0) is 24.2. The highest BCUT2D eigenvalue weighted by Gasteiger charge is 2.31. The zero-order valence-electron chi connectivity index (χ0n) is 18.7. The molecule has 3 rings (SSSR count). The van der Waals surface area contributed by atoms with Gasteiger partial charge in [-0.15, -0.1) is 0 Å². The summed E-state index contributed by atoms with van der Waals surface area (Å²) in [6.07, 6.45) is -4.61. The van der Waals surface area contributed by atoms with Gasteiger partial charge in [0.1, 0.15) is 22.9 Å². The van der Waals surface area contributed by atoms with E-state index in [0.717, 1.165) is 17.7 Å². The molecule has 33 heavy (non-hydrogen) atoms. The topological polar surface area (TPSA) is 48.0 Å². The van der Waals surface area contributed by atoms with Crippen LogP contribution in [-0.2, 0) is 20.4 Å². The average Bonchev–Trinajstić information content (AvgIpc) is 2.71. The van der Waals surface area contributed by atoms with Crippen LogP contribution in [-0.4, -0.2) is 42.7 Å². The Kier molecular flexibility index (Phi) is 7.64. The number of carbonyl (C=O) groups excluding carboxylic acids is 1. The molecule has 0 bridgehead atoms. The molecule has 0 spiro atoms. The first-order valence-electron chi connectivity index (χ1n) is 10.6. The molecule has 0 saturated carbocycles. The van der Waals surface area contributed by atoms with Crippen molar-refractivity contribution in [1.29, 1.82) is 0 Å². The lowest BCUT2D eigenvalue weighted by molar-refractivity contribution is -0.155. The Labute approximate surface area is 190 Å². The predicted octanol–water partition coefficient (Wildman–Crippen LogP) is 5.74. The van der Waals surface area contributed by atoms with E-state index in [-0.39, 0.29) is 30.0 Å². The maximum atomic E-state index is 13.6. The van der Waals surface area contributed by atoms with Gasteiger partial charge in [0, 0.05) is 25.7 Å². The van der Waals surface area contributed by atoms with E-state index in [1.165, 1.54) is 0 Å². The second-order valence-corrected chi connectivity index (χ2v) is 8.84. The highest BCUT2D eigenvalue weighted by molar-refractivity contribution is 5.70. The van der Waals surface area contributed by atoms with E-state index in [0.29, 0.717) is 32.3 Å². The third-order valence-electron chi connectivity index (χ3n) is 4.89. The summed E-state index contributed by atoms with van der Waals surface area (Å²) in [7, 11) is 0. The molecule has 1 aliphatic heterocycles. The molecule has 9 heteroatoms. The number of hydrogen-bond acceptors (Lipinski definition) is 5. The number of nitrogens with zero attached hydrogens (tertiary/aromatic N) is 1. The third kappa shape index (κ3) is 7.71. The van der Waals surface area contributed by atoms with Crippen molar-refractivity contribution in [1.82, 2.24) is 4.90 Å². The highest BCUT2D eigenvalue weighted by atomic mass is 19.4. The van der Waals surface area contributed by atoms with Crippen molar-refractivity contribution in [3.05, 3.63) is 59.4 Å². The average molecular weight is 469 g/mol. The maximum Gasteiger partial charge on any atom is 0.416 e. The molecule has 0 amide bonds. The summed E-state index contributed by atoms with van der Waals surface area (Å²) < 4.78 is 68.8. The largest absolute Gasteiger partial charge is 0.460 e. The summed E-state index contributed by atoms with van der Waals surface area (Å²) >= 11 is 0. The van der Waals surface area contributed by atoms with Crippen molar-refractivity contribution in [3.63, 3.8) is 0 Å². The van der Waals surface area contributed by atoms with Crippen LogP contribution in [0.15, 0.2) is 42.5 Å². The predicted molar refractivity (Wildman–Crippen MR) is 114 cm³/mol. The number of ether oxygens (including phenoxy) is 3. The molecule has 2 aromatic carbocycles. The highest BCUT2D eigenvalue weighted by Crippen LogP contribution is 2.34. The van der Waals surface area contributed by atoms with Gasteiger partial charge in [0.2, 0.25) is 0 Å². The molecule has 1 heterocycles. The molecule has 1 atom stereocenters. The SMILES string of the molecule is CC(C)(C)OC(=O)CCN1CCOC(c2ccc(Oc3cc(F)cc(C(F)(F)F)c3)cc2)C1. The Balaban J connectivity index is 1.59. The van der Waals surface area contributed by atoms with Crippen molar-refractivity contribution in [2.45, 2.75) is 45.1 Å². The molecular formula is C24H27F4NO4. The fourth-order valence-electron chi connectivity index (χ4n) is 3.42. The molecule has 2 aromatic rings. The van der Waals surface area contributed by atoms with Gasteiger partial charge in [0.15, 0.2) is 0 Å². The summed E-state index contributed by atoms with van der Waals surface area (Å²) in [5.41, 5.74) is -0.774. The molecule has 0 radical (unpaired) electrons. The molecule has 1 unspecified atom stereocenters. The Hall–Kier alpha value is -2.65. The van der Waals surface area contributed by atoms with E-state index in [1.807, 2.05) is 20.8 Å². The van der Waals surface area contributed by atoms with Gasteiger partial charge in [-0.2, -0.15) is 13.2 Å². The molecule has 0 aliphatic carbocycles. The summed E-state index contributed by atoms with van der Waals surface area (Å²) in [6.45, 7) is 7.81. The van der Waals surface area contributed by atoms with Crippen LogP contribution in [0.4, 0.5) is 17.6 Å². The summed E-state index contributed by atoms with van der Waals surface area (Å²) in [6, 6.07) is 8.76. The number of morpholine rings is 1. The summed E-state index contributed by atoms with van der Waals surface area (Å²) in [4.78, 5) is 14.1. The molecule has 0 N–H and O–H groups in total. The first kappa shape index (κ1) is 25.0. The van der Waals surface area contributed by atoms with Crippen LogP contribution < -0.4 is 4.74 Å². The smallest absolute Gasteiger partial charge is 0.416 e. The van der Waals surface area contributed by atoms with Crippen LogP contribution in [0, 0.1) is 5.82 Å². The van der Waals surface area contributed by atoms with E-state index in [9.17, 15) is 22.4 Å². The molecule has 1 fully saturated rings. The minimum Gasteiger partial charge on any atom is -0.460 e. The van der Waals surface area contributed by atoms with Crippen LogP contribution in [0.3, 0.4) is 0 Å². The van der Waals surface area contributed by atoms with Crippen LogP contribution in [0.1, 0.15) is 44.4 Å². The lowest BCUT2D eigenvalue weighted by Gasteiger charge is -2.33. The van der Waals surface area contributed by atoms with E-state index in [1.54, 1.807) is 24.3 Å². The summed E-state index contributed by atoms with van der Waals surface area (Å²) in [5.74, 6) is -1.25. The minimum atomic E-state index is -4.67. The minimum absolute atomic E-state index is 0.225. The van der Waals surface area contributed by atoms with Crippen LogP contribution in [0.25, 0.3) is 0 Å². The van der Waals surface area contributed by atoms with E-state index >= 15 is 0 Å². The van der Waals surface area contributed by atoms with Gasteiger partial charge in [-0.1, -0.05) is 12.1 Å².